The Morgan fingerprint density at radius 2 is 2.00 bits per heavy atom. The Balaban J connectivity index is 1.56. The summed E-state index contributed by atoms with van der Waals surface area (Å²) >= 11 is 1.80. The van der Waals surface area contributed by atoms with Crippen molar-refractivity contribution in [3.05, 3.63) is 52.0 Å². The maximum atomic E-state index is 10.6. The van der Waals surface area contributed by atoms with E-state index in [1.54, 1.807) is 11.3 Å². The molecule has 0 amide bonds. The van der Waals surface area contributed by atoms with Gasteiger partial charge in [-0.1, -0.05) is 44.2 Å². The van der Waals surface area contributed by atoms with Gasteiger partial charge in [-0.25, -0.2) is 4.98 Å². The van der Waals surface area contributed by atoms with Crippen LogP contribution in [0.25, 0.3) is 0 Å². The minimum atomic E-state index is -0.674. The summed E-state index contributed by atoms with van der Waals surface area (Å²) in [6, 6.07) is 9.96. The Labute approximate surface area is 130 Å². The number of rotatable bonds is 5. The Bertz CT molecular complexity index is 588. The van der Waals surface area contributed by atoms with E-state index in [9.17, 15) is 5.11 Å². The highest BCUT2D eigenvalue weighted by atomic mass is 32.1. The molecule has 0 unspecified atom stereocenters. The lowest BCUT2D eigenvalue weighted by Crippen LogP contribution is -2.58. The number of nitrogens with zero attached hydrogens (tertiary/aromatic N) is 2. The van der Waals surface area contributed by atoms with Crippen LogP contribution in [-0.4, -0.2) is 28.1 Å². The molecule has 2 aromatic rings. The predicted molar refractivity (Wildman–Crippen MR) is 86.3 cm³/mol. The Hall–Kier alpha value is -1.23. The van der Waals surface area contributed by atoms with Crippen molar-refractivity contribution in [1.82, 2.24) is 9.88 Å². The van der Waals surface area contributed by atoms with E-state index < -0.39 is 5.60 Å². The minimum absolute atomic E-state index is 0.649. The van der Waals surface area contributed by atoms with Crippen LogP contribution < -0.4 is 0 Å². The molecule has 0 atom stereocenters. The minimum Gasteiger partial charge on any atom is -0.382 e. The molecule has 1 N–H and O–H groups in total. The average Bonchev–Trinajstić information content (AvgIpc) is 2.84. The molecule has 3 rings (SSSR count). The molecule has 1 aliphatic rings. The normalized spacial score (nSPS) is 17.9. The molecule has 21 heavy (non-hydrogen) atoms. The van der Waals surface area contributed by atoms with Gasteiger partial charge in [0.25, 0.3) is 0 Å². The zero-order valence-corrected chi connectivity index (χ0v) is 13.4. The number of hydrogen-bond acceptors (Lipinski definition) is 4. The van der Waals surface area contributed by atoms with E-state index in [1.165, 1.54) is 9.88 Å². The second kappa shape index (κ2) is 5.87. The van der Waals surface area contributed by atoms with Gasteiger partial charge >= 0.3 is 0 Å². The van der Waals surface area contributed by atoms with Gasteiger partial charge in [0, 0.05) is 37.1 Å². The molecule has 0 bridgehead atoms. The van der Waals surface area contributed by atoms with Crippen molar-refractivity contribution in [2.24, 2.45) is 5.92 Å². The average molecular weight is 302 g/mol. The summed E-state index contributed by atoms with van der Waals surface area (Å²) in [5.74, 6) is 0.649. The van der Waals surface area contributed by atoms with E-state index in [0.29, 0.717) is 19.0 Å². The van der Waals surface area contributed by atoms with Crippen LogP contribution in [0, 0.1) is 5.92 Å². The Morgan fingerprint density at radius 1 is 1.29 bits per heavy atom. The molecule has 4 heteroatoms. The van der Waals surface area contributed by atoms with Gasteiger partial charge in [-0.2, -0.15) is 0 Å². The zero-order chi connectivity index (χ0) is 14.9. The smallest absolute Gasteiger partial charge is 0.115 e. The lowest BCUT2D eigenvalue weighted by Gasteiger charge is -2.46. The van der Waals surface area contributed by atoms with E-state index in [1.807, 2.05) is 36.5 Å². The van der Waals surface area contributed by atoms with Crippen molar-refractivity contribution in [1.29, 1.82) is 0 Å². The highest BCUT2D eigenvalue weighted by molar-refractivity contribution is 7.11. The van der Waals surface area contributed by atoms with Crippen LogP contribution in [0.5, 0.6) is 0 Å². The Morgan fingerprint density at radius 3 is 2.67 bits per heavy atom. The fourth-order valence-corrected chi connectivity index (χ4v) is 4.00. The van der Waals surface area contributed by atoms with Crippen LogP contribution in [0.1, 0.15) is 29.3 Å². The summed E-state index contributed by atoms with van der Waals surface area (Å²) in [7, 11) is 0. The van der Waals surface area contributed by atoms with E-state index in [-0.39, 0.29) is 0 Å². The molecule has 0 radical (unpaired) electrons. The zero-order valence-electron chi connectivity index (χ0n) is 12.6. The van der Waals surface area contributed by atoms with Crippen LogP contribution in [0.4, 0.5) is 0 Å². The van der Waals surface area contributed by atoms with Crippen molar-refractivity contribution in [2.75, 3.05) is 13.1 Å². The lowest BCUT2D eigenvalue weighted by atomic mass is 9.86. The van der Waals surface area contributed by atoms with E-state index in [0.717, 1.165) is 18.5 Å². The standard InChI is InChI=1S/C17H22N2OS/c1-13(2)8-16-18-9-15(21-16)10-19-11-17(20,12-19)14-6-4-3-5-7-14/h3-7,9,13,20H,8,10-12H2,1-2H3. The van der Waals surface area contributed by atoms with Crippen molar-refractivity contribution >= 4 is 11.3 Å². The van der Waals surface area contributed by atoms with Gasteiger partial charge in [0.15, 0.2) is 0 Å². The molecule has 1 aliphatic heterocycles. The summed E-state index contributed by atoms with van der Waals surface area (Å²) < 4.78 is 0. The molecule has 112 valence electrons. The fourth-order valence-electron chi connectivity index (χ4n) is 2.82. The molecule has 1 fully saturated rings. The maximum absolute atomic E-state index is 10.6. The van der Waals surface area contributed by atoms with E-state index >= 15 is 0 Å². The maximum Gasteiger partial charge on any atom is 0.115 e. The van der Waals surface area contributed by atoms with E-state index in [2.05, 4.69) is 23.7 Å². The van der Waals surface area contributed by atoms with Crippen LogP contribution in [0.15, 0.2) is 36.5 Å². The van der Waals surface area contributed by atoms with Gasteiger partial charge in [0.2, 0.25) is 0 Å². The summed E-state index contributed by atoms with van der Waals surface area (Å²) in [4.78, 5) is 8.06. The predicted octanol–water partition coefficient (Wildman–Crippen LogP) is 3.05. The molecule has 0 aliphatic carbocycles. The van der Waals surface area contributed by atoms with Crippen molar-refractivity contribution < 1.29 is 5.11 Å². The highest BCUT2D eigenvalue weighted by Crippen LogP contribution is 2.33. The third-order valence-corrected chi connectivity index (χ3v) is 4.85. The number of benzene rings is 1. The molecule has 1 aromatic carbocycles. The van der Waals surface area contributed by atoms with Crippen LogP contribution in [-0.2, 0) is 18.6 Å². The SMILES string of the molecule is CC(C)Cc1ncc(CN2CC(O)(c3ccccc3)C2)s1. The number of β-amino-alcohol motifs (C(OH)–C–C–N with tert-alkyl or cyclic N) is 1. The summed E-state index contributed by atoms with van der Waals surface area (Å²) in [5, 5.41) is 11.8. The number of likely N-dealkylation sites (tertiary alicyclic amines) is 1. The lowest BCUT2D eigenvalue weighted by molar-refractivity contribution is -0.107. The van der Waals surface area contributed by atoms with Crippen LogP contribution >= 0.6 is 11.3 Å². The van der Waals surface area contributed by atoms with Gasteiger partial charge < -0.3 is 5.11 Å². The number of aromatic nitrogens is 1. The fraction of sp³-hybridized carbons (Fsp3) is 0.471. The first kappa shape index (κ1) is 14.7. The van der Waals surface area contributed by atoms with Crippen molar-refractivity contribution in [3.8, 4) is 0 Å². The second-order valence-electron chi connectivity index (χ2n) is 6.36. The Kier molecular flexibility index (Phi) is 4.11. The van der Waals surface area contributed by atoms with Crippen LogP contribution in [0.3, 0.4) is 0 Å². The van der Waals surface area contributed by atoms with Gasteiger partial charge in [-0.15, -0.1) is 11.3 Å². The topological polar surface area (TPSA) is 36.4 Å². The number of hydrogen-bond donors (Lipinski definition) is 1. The molecule has 1 aromatic heterocycles. The monoisotopic (exact) mass is 302 g/mol. The van der Waals surface area contributed by atoms with Gasteiger partial charge in [0.1, 0.15) is 5.60 Å². The largest absolute Gasteiger partial charge is 0.382 e. The number of aliphatic hydroxyl groups is 1. The third kappa shape index (κ3) is 3.34. The second-order valence-corrected chi connectivity index (χ2v) is 7.56. The molecule has 2 heterocycles. The number of thiazole rings is 1. The summed E-state index contributed by atoms with van der Waals surface area (Å²) in [5.41, 5.74) is 0.346. The quantitative estimate of drug-likeness (QED) is 0.922. The van der Waals surface area contributed by atoms with Crippen molar-refractivity contribution in [3.63, 3.8) is 0 Å². The highest BCUT2D eigenvalue weighted by Gasteiger charge is 2.42. The third-order valence-electron chi connectivity index (χ3n) is 3.85. The molecule has 0 spiro atoms. The molecule has 3 nitrogen and oxygen atoms in total. The first-order valence-electron chi connectivity index (χ1n) is 7.49. The first-order chi connectivity index (χ1) is 10.0. The van der Waals surface area contributed by atoms with Crippen molar-refractivity contribution in [2.45, 2.75) is 32.4 Å². The first-order valence-corrected chi connectivity index (χ1v) is 8.31. The molecular weight excluding hydrogens is 280 g/mol. The van der Waals surface area contributed by atoms with Crippen LogP contribution in [0.2, 0.25) is 0 Å². The molecule has 0 saturated carbocycles. The van der Waals surface area contributed by atoms with E-state index in [4.69, 9.17) is 0 Å². The van der Waals surface area contributed by atoms with Gasteiger partial charge in [-0.05, 0) is 11.5 Å². The van der Waals surface area contributed by atoms with Gasteiger partial charge in [0.05, 0.1) is 5.01 Å². The van der Waals surface area contributed by atoms with Gasteiger partial charge in [-0.3, -0.25) is 4.90 Å². The summed E-state index contributed by atoms with van der Waals surface area (Å²) in [6.07, 6.45) is 3.04. The summed E-state index contributed by atoms with van der Waals surface area (Å²) in [6.45, 7) is 6.74. The molecule has 1 saturated heterocycles. The molecular formula is C17H22N2OS.